The van der Waals surface area contributed by atoms with Gasteiger partial charge in [-0.2, -0.15) is 9.37 Å². The summed E-state index contributed by atoms with van der Waals surface area (Å²) in [5, 5.41) is 3.30. The van der Waals surface area contributed by atoms with Crippen LogP contribution in [-0.4, -0.2) is 41.3 Å². The first-order valence-corrected chi connectivity index (χ1v) is 10.2. The Kier molecular flexibility index (Phi) is 5.32. The molecule has 2 aromatic carbocycles. The van der Waals surface area contributed by atoms with Crippen molar-refractivity contribution in [1.82, 2.24) is 15.0 Å². The van der Waals surface area contributed by atoms with E-state index in [1.54, 1.807) is 12.1 Å². The highest BCUT2D eigenvalue weighted by Gasteiger charge is 2.18. The fraction of sp³-hybridized carbons (Fsp3) is 0.217. The van der Waals surface area contributed by atoms with Crippen LogP contribution in [0.2, 0.25) is 0 Å². The first-order chi connectivity index (χ1) is 15.6. The van der Waals surface area contributed by atoms with Crippen LogP contribution in [0.1, 0.15) is 5.69 Å². The molecular formula is C23H21F2N5O2. The van der Waals surface area contributed by atoms with E-state index in [2.05, 4.69) is 25.2 Å². The number of benzene rings is 2. The number of nitrogens with zero attached hydrogens (tertiary/aromatic N) is 3. The van der Waals surface area contributed by atoms with Gasteiger partial charge < -0.3 is 24.7 Å². The maximum atomic E-state index is 15.0. The number of hydrogen-bond acceptors (Lipinski definition) is 6. The van der Waals surface area contributed by atoms with E-state index >= 15 is 4.39 Å². The zero-order valence-electron chi connectivity index (χ0n) is 17.4. The summed E-state index contributed by atoms with van der Waals surface area (Å²) in [6, 6.07) is 12.4. The second-order valence-corrected chi connectivity index (χ2v) is 7.51. The highest BCUT2D eigenvalue weighted by atomic mass is 19.1. The van der Waals surface area contributed by atoms with Crippen LogP contribution in [0.3, 0.4) is 0 Å². The van der Waals surface area contributed by atoms with E-state index in [4.69, 9.17) is 9.47 Å². The van der Waals surface area contributed by atoms with Gasteiger partial charge in [0.15, 0.2) is 17.4 Å². The summed E-state index contributed by atoms with van der Waals surface area (Å²) in [5.74, 6) is -1.94. The Hall–Kier alpha value is -3.72. The molecule has 0 saturated carbocycles. The minimum atomic E-state index is -0.811. The molecule has 1 aliphatic heterocycles. The molecule has 4 aromatic rings. The minimum absolute atomic E-state index is 0.0619. The predicted molar refractivity (Wildman–Crippen MR) is 118 cm³/mol. The minimum Gasteiger partial charge on any atom is -0.433 e. The van der Waals surface area contributed by atoms with Crippen LogP contribution in [0.15, 0.2) is 48.8 Å². The number of aryl methyl sites for hydroxylation is 1. The number of ether oxygens (including phenoxy) is 2. The molecule has 1 saturated heterocycles. The van der Waals surface area contributed by atoms with Gasteiger partial charge in [-0.1, -0.05) is 0 Å². The van der Waals surface area contributed by atoms with E-state index in [9.17, 15) is 4.39 Å². The number of aromatic amines is 1. The summed E-state index contributed by atoms with van der Waals surface area (Å²) in [7, 11) is 0. The number of rotatable bonds is 5. The van der Waals surface area contributed by atoms with Gasteiger partial charge in [0, 0.05) is 41.1 Å². The standard InChI is InChI=1S/C23H21F2N5O2/c1-14-12-17-18(28-14)6-7-19(20(17)24)32-23-21(25)22(26-13-27-23)29-15-2-4-16(5-3-15)30-8-10-31-11-9-30/h2-7,12-13,28H,8-11H2,1H3,(H,26,27,29). The number of hydrogen-bond donors (Lipinski definition) is 2. The van der Waals surface area contributed by atoms with Crippen LogP contribution in [0.4, 0.5) is 26.0 Å². The van der Waals surface area contributed by atoms with Crippen molar-refractivity contribution in [2.45, 2.75) is 6.92 Å². The highest BCUT2D eigenvalue weighted by Crippen LogP contribution is 2.32. The first kappa shape index (κ1) is 20.2. The second-order valence-electron chi connectivity index (χ2n) is 7.51. The van der Waals surface area contributed by atoms with Crippen LogP contribution in [0, 0.1) is 18.6 Å². The van der Waals surface area contributed by atoms with Crippen molar-refractivity contribution in [3.63, 3.8) is 0 Å². The van der Waals surface area contributed by atoms with Crippen molar-refractivity contribution in [3.05, 3.63) is 66.1 Å². The molecule has 32 heavy (non-hydrogen) atoms. The molecule has 0 atom stereocenters. The largest absolute Gasteiger partial charge is 0.433 e. The summed E-state index contributed by atoms with van der Waals surface area (Å²) in [6.45, 7) is 4.89. The fourth-order valence-corrected chi connectivity index (χ4v) is 3.70. The summed E-state index contributed by atoms with van der Waals surface area (Å²) >= 11 is 0. The number of H-pyrrole nitrogens is 1. The number of morpholine rings is 1. The average Bonchev–Trinajstić information content (AvgIpc) is 3.20. The lowest BCUT2D eigenvalue weighted by molar-refractivity contribution is 0.122. The molecule has 5 rings (SSSR count). The van der Waals surface area contributed by atoms with Crippen molar-refractivity contribution < 1.29 is 18.3 Å². The van der Waals surface area contributed by atoms with E-state index in [0.717, 1.165) is 24.5 Å². The van der Waals surface area contributed by atoms with Gasteiger partial charge in [-0.25, -0.2) is 9.37 Å². The number of nitrogens with one attached hydrogen (secondary N) is 2. The maximum absolute atomic E-state index is 15.0. The SMILES string of the molecule is Cc1cc2c(F)c(Oc3ncnc(Nc4ccc(N5CCOCC5)cc4)c3F)ccc2[nH]1. The molecule has 0 unspecified atom stereocenters. The van der Waals surface area contributed by atoms with Crippen molar-refractivity contribution in [3.8, 4) is 11.6 Å². The average molecular weight is 437 g/mol. The second kappa shape index (κ2) is 8.43. The van der Waals surface area contributed by atoms with Gasteiger partial charge in [0.05, 0.1) is 13.2 Å². The Morgan fingerprint density at radius 2 is 1.81 bits per heavy atom. The summed E-state index contributed by atoms with van der Waals surface area (Å²) in [5.41, 5.74) is 3.17. The lowest BCUT2D eigenvalue weighted by atomic mass is 10.2. The Bertz CT molecular complexity index is 1250. The Labute approximate surface area is 183 Å². The molecule has 0 aliphatic carbocycles. The third-order valence-electron chi connectivity index (χ3n) is 5.31. The van der Waals surface area contributed by atoms with Gasteiger partial charge in [0.2, 0.25) is 5.82 Å². The molecular weight excluding hydrogens is 416 g/mol. The molecule has 0 bridgehead atoms. The number of aromatic nitrogens is 3. The van der Waals surface area contributed by atoms with Crippen LogP contribution < -0.4 is 15.0 Å². The third-order valence-corrected chi connectivity index (χ3v) is 5.31. The third kappa shape index (κ3) is 3.94. The lowest BCUT2D eigenvalue weighted by Crippen LogP contribution is -2.36. The van der Waals surface area contributed by atoms with Gasteiger partial charge in [-0.05, 0) is 49.4 Å². The fourth-order valence-electron chi connectivity index (χ4n) is 3.70. The molecule has 9 heteroatoms. The van der Waals surface area contributed by atoms with Crippen molar-refractivity contribution in [1.29, 1.82) is 0 Å². The van der Waals surface area contributed by atoms with Gasteiger partial charge >= 0.3 is 0 Å². The predicted octanol–water partition coefficient (Wildman–Crippen LogP) is 4.92. The van der Waals surface area contributed by atoms with Crippen molar-refractivity contribution >= 4 is 28.1 Å². The van der Waals surface area contributed by atoms with Gasteiger partial charge in [-0.15, -0.1) is 0 Å². The Balaban J connectivity index is 1.35. The molecule has 1 aliphatic rings. The van der Waals surface area contributed by atoms with E-state index in [-0.39, 0.29) is 17.4 Å². The van der Waals surface area contributed by atoms with Crippen LogP contribution in [0.25, 0.3) is 10.9 Å². The number of fused-ring (bicyclic) bond motifs is 1. The van der Waals surface area contributed by atoms with E-state index in [0.29, 0.717) is 29.8 Å². The van der Waals surface area contributed by atoms with Gasteiger partial charge in [0.25, 0.3) is 5.88 Å². The van der Waals surface area contributed by atoms with Crippen LogP contribution >= 0.6 is 0 Å². The van der Waals surface area contributed by atoms with E-state index in [1.165, 1.54) is 12.4 Å². The molecule has 7 nitrogen and oxygen atoms in total. The van der Waals surface area contributed by atoms with Crippen molar-refractivity contribution in [2.75, 3.05) is 36.5 Å². The van der Waals surface area contributed by atoms with Gasteiger partial charge in [-0.3, -0.25) is 0 Å². The maximum Gasteiger partial charge on any atom is 0.261 e. The van der Waals surface area contributed by atoms with Gasteiger partial charge in [0.1, 0.15) is 6.33 Å². The topological polar surface area (TPSA) is 75.3 Å². The molecule has 3 heterocycles. The molecule has 0 spiro atoms. The number of anilines is 3. The summed E-state index contributed by atoms with van der Waals surface area (Å²) in [4.78, 5) is 13.1. The zero-order valence-corrected chi connectivity index (χ0v) is 17.4. The normalized spacial score (nSPS) is 14.0. The summed E-state index contributed by atoms with van der Waals surface area (Å²) in [6.07, 6.45) is 1.17. The van der Waals surface area contributed by atoms with Crippen LogP contribution in [0.5, 0.6) is 11.6 Å². The van der Waals surface area contributed by atoms with E-state index in [1.807, 2.05) is 31.2 Å². The lowest BCUT2D eigenvalue weighted by Gasteiger charge is -2.28. The molecule has 2 N–H and O–H groups in total. The van der Waals surface area contributed by atoms with Crippen LogP contribution in [-0.2, 0) is 4.74 Å². The van der Waals surface area contributed by atoms with E-state index < -0.39 is 11.6 Å². The molecule has 0 amide bonds. The Morgan fingerprint density at radius 3 is 2.59 bits per heavy atom. The molecule has 164 valence electrons. The number of halogens is 2. The molecule has 1 fully saturated rings. The highest BCUT2D eigenvalue weighted by molar-refractivity contribution is 5.82. The first-order valence-electron chi connectivity index (χ1n) is 10.2. The smallest absolute Gasteiger partial charge is 0.261 e. The quantitative estimate of drug-likeness (QED) is 0.462. The molecule has 2 aromatic heterocycles. The van der Waals surface area contributed by atoms with Crippen molar-refractivity contribution in [2.24, 2.45) is 0 Å². The zero-order chi connectivity index (χ0) is 22.1. The molecule has 0 radical (unpaired) electrons. The monoisotopic (exact) mass is 437 g/mol. The Morgan fingerprint density at radius 1 is 1.03 bits per heavy atom. The summed E-state index contributed by atoms with van der Waals surface area (Å²) < 4.78 is 40.6.